The molecule has 0 fully saturated rings. The van der Waals surface area contributed by atoms with Gasteiger partial charge in [0, 0.05) is 6.92 Å². The van der Waals surface area contributed by atoms with Crippen LogP contribution in [0.5, 0.6) is 0 Å². The molecule has 0 bridgehead atoms. The Hall–Kier alpha value is -2.19. The van der Waals surface area contributed by atoms with E-state index in [4.69, 9.17) is 16.0 Å². The van der Waals surface area contributed by atoms with Gasteiger partial charge < -0.3 is 4.42 Å². The summed E-state index contributed by atoms with van der Waals surface area (Å²) in [6.45, 7) is 1.72. The van der Waals surface area contributed by atoms with Crippen LogP contribution in [0.25, 0.3) is 11.1 Å². The number of rotatable bonds is 3. The molecule has 3 rings (SSSR count). The van der Waals surface area contributed by atoms with Crippen molar-refractivity contribution in [3.63, 3.8) is 0 Å². The maximum atomic E-state index is 12.2. The summed E-state index contributed by atoms with van der Waals surface area (Å²) in [4.78, 5) is 11.4. The van der Waals surface area contributed by atoms with Crippen molar-refractivity contribution >= 4 is 38.4 Å². The summed E-state index contributed by atoms with van der Waals surface area (Å²) in [5, 5.41) is -0.0200. The van der Waals surface area contributed by atoms with E-state index in [9.17, 15) is 8.42 Å². The van der Waals surface area contributed by atoms with Crippen LogP contribution in [-0.4, -0.2) is 23.4 Å². The lowest BCUT2D eigenvalue weighted by molar-refractivity contribution is 0.561. The molecule has 0 aliphatic carbocycles. The lowest BCUT2D eigenvalue weighted by atomic mass is 10.3. The summed E-state index contributed by atoms with van der Waals surface area (Å²) >= 11 is 5.53. The Morgan fingerprint density at radius 1 is 1.24 bits per heavy atom. The molecule has 0 saturated carbocycles. The summed E-state index contributed by atoms with van der Waals surface area (Å²) in [6.07, 6.45) is 2.27. The van der Waals surface area contributed by atoms with Gasteiger partial charge in [0.1, 0.15) is 10.4 Å². The SMILES string of the molecule is Cc1nc2cc(NS(=O)(=O)c3cnc(Cl)nc3)ccc2o1. The Morgan fingerprint density at radius 2 is 1.95 bits per heavy atom. The molecule has 0 spiro atoms. The molecule has 3 aromatic rings. The van der Waals surface area contributed by atoms with Gasteiger partial charge in [-0.2, -0.15) is 0 Å². The molecule has 2 heterocycles. The average Bonchev–Trinajstić information content (AvgIpc) is 2.78. The molecular formula is C12H9ClN4O3S. The van der Waals surface area contributed by atoms with Crippen molar-refractivity contribution in [2.75, 3.05) is 4.72 Å². The van der Waals surface area contributed by atoms with Crippen LogP contribution in [0.3, 0.4) is 0 Å². The first-order valence-corrected chi connectivity index (χ1v) is 7.68. The maximum Gasteiger partial charge on any atom is 0.264 e. The van der Waals surface area contributed by atoms with E-state index in [0.717, 1.165) is 12.4 Å². The average molecular weight is 325 g/mol. The summed E-state index contributed by atoms with van der Waals surface area (Å²) in [5.74, 6) is 0.510. The van der Waals surface area contributed by atoms with Crippen molar-refractivity contribution in [2.45, 2.75) is 11.8 Å². The highest BCUT2D eigenvalue weighted by Gasteiger charge is 2.16. The normalized spacial score (nSPS) is 11.7. The van der Waals surface area contributed by atoms with Crippen LogP contribution in [-0.2, 0) is 10.0 Å². The minimum absolute atomic E-state index is 0.0200. The van der Waals surface area contributed by atoms with E-state index in [1.54, 1.807) is 25.1 Å². The second-order valence-electron chi connectivity index (χ2n) is 4.21. The second-order valence-corrected chi connectivity index (χ2v) is 6.23. The molecule has 2 aromatic heterocycles. The van der Waals surface area contributed by atoms with Crippen LogP contribution in [0.1, 0.15) is 5.89 Å². The number of anilines is 1. The Labute approximate surface area is 125 Å². The molecule has 0 unspecified atom stereocenters. The van der Waals surface area contributed by atoms with Crippen molar-refractivity contribution in [1.82, 2.24) is 15.0 Å². The molecule has 108 valence electrons. The first-order valence-electron chi connectivity index (χ1n) is 5.82. The number of fused-ring (bicyclic) bond motifs is 1. The third-order valence-electron chi connectivity index (χ3n) is 2.65. The molecule has 1 N–H and O–H groups in total. The van der Waals surface area contributed by atoms with Crippen LogP contribution in [0.2, 0.25) is 5.28 Å². The molecule has 9 heteroatoms. The highest BCUT2D eigenvalue weighted by molar-refractivity contribution is 7.92. The van der Waals surface area contributed by atoms with Gasteiger partial charge in [0.25, 0.3) is 10.0 Å². The van der Waals surface area contributed by atoms with Crippen molar-refractivity contribution in [2.24, 2.45) is 0 Å². The third-order valence-corrected chi connectivity index (χ3v) is 4.18. The maximum absolute atomic E-state index is 12.2. The summed E-state index contributed by atoms with van der Waals surface area (Å²) < 4.78 is 32.1. The number of hydrogen-bond donors (Lipinski definition) is 1. The lowest BCUT2D eigenvalue weighted by Crippen LogP contribution is -2.13. The predicted octanol–water partition coefficient (Wildman–Crippen LogP) is 2.38. The molecule has 1 aromatic carbocycles. The number of oxazole rings is 1. The van der Waals surface area contributed by atoms with E-state index in [1.165, 1.54) is 0 Å². The van der Waals surface area contributed by atoms with Gasteiger partial charge in [-0.25, -0.2) is 23.4 Å². The molecule has 0 atom stereocenters. The van der Waals surface area contributed by atoms with Gasteiger partial charge in [-0.3, -0.25) is 4.72 Å². The van der Waals surface area contributed by atoms with Crippen molar-refractivity contribution in [3.05, 3.63) is 41.8 Å². The van der Waals surface area contributed by atoms with Crippen LogP contribution in [0, 0.1) is 6.92 Å². The van der Waals surface area contributed by atoms with Gasteiger partial charge in [-0.1, -0.05) is 0 Å². The molecule has 0 saturated heterocycles. The highest BCUT2D eigenvalue weighted by atomic mass is 35.5. The van der Waals surface area contributed by atoms with Gasteiger partial charge in [-0.05, 0) is 29.8 Å². The van der Waals surface area contributed by atoms with E-state index in [1.807, 2.05) is 0 Å². The van der Waals surface area contributed by atoms with E-state index in [-0.39, 0.29) is 10.2 Å². The number of benzene rings is 1. The number of hydrogen-bond acceptors (Lipinski definition) is 6. The minimum Gasteiger partial charge on any atom is -0.441 e. The van der Waals surface area contributed by atoms with Crippen molar-refractivity contribution < 1.29 is 12.8 Å². The third kappa shape index (κ3) is 2.81. The predicted molar refractivity (Wildman–Crippen MR) is 76.6 cm³/mol. The Bertz CT molecular complexity index is 906. The van der Waals surface area contributed by atoms with Gasteiger partial charge in [0.15, 0.2) is 11.5 Å². The summed E-state index contributed by atoms with van der Waals surface area (Å²) in [6, 6.07) is 4.81. The Kier molecular flexibility index (Phi) is 3.26. The molecule has 0 aliphatic heterocycles. The zero-order chi connectivity index (χ0) is 15.0. The second kappa shape index (κ2) is 4.97. The molecule has 0 aliphatic rings. The number of aryl methyl sites for hydroxylation is 1. The van der Waals surface area contributed by atoms with Crippen LogP contribution in [0.15, 0.2) is 39.9 Å². The summed E-state index contributed by atoms with van der Waals surface area (Å²) in [5.41, 5.74) is 1.52. The Morgan fingerprint density at radius 3 is 2.67 bits per heavy atom. The lowest BCUT2D eigenvalue weighted by Gasteiger charge is -2.07. The molecule has 21 heavy (non-hydrogen) atoms. The topological polar surface area (TPSA) is 98.0 Å². The molecule has 7 nitrogen and oxygen atoms in total. The largest absolute Gasteiger partial charge is 0.441 e. The van der Waals surface area contributed by atoms with Crippen molar-refractivity contribution in [3.8, 4) is 0 Å². The van der Waals surface area contributed by atoms with Crippen molar-refractivity contribution in [1.29, 1.82) is 0 Å². The highest BCUT2D eigenvalue weighted by Crippen LogP contribution is 2.22. The zero-order valence-electron chi connectivity index (χ0n) is 10.7. The number of nitrogens with zero attached hydrogens (tertiary/aromatic N) is 3. The number of sulfonamides is 1. The van der Waals surface area contributed by atoms with Crippen LogP contribution < -0.4 is 4.72 Å². The molecular weight excluding hydrogens is 316 g/mol. The van der Waals surface area contributed by atoms with Gasteiger partial charge in [0.2, 0.25) is 5.28 Å². The van der Waals surface area contributed by atoms with E-state index < -0.39 is 10.0 Å². The van der Waals surface area contributed by atoms with Crippen LogP contribution >= 0.6 is 11.6 Å². The zero-order valence-corrected chi connectivity index (χ0v) is 12.3. The molecule has 0 radical (unpaired) electrons. The standard InChI is InChI=1S/C12H9ClN4O3S/c1-7-16-10-4-8(2-3-11(10)20-7)17-21(18,19)9-5-14-12(13)15-6-9/h2-6,17H,1H3. The van der Waals surface area contributed by atoms with E-state index in [0.29, 0.717) is 22.7 Å². The first-order chi connectivity index (χ1) is 9.94. The number of nitrogens with one attached hydrogen (secondary N) is 1. The molecule has 0 amide bonds. The van der Waals surface area contributed by atoms with Gasteiger partial charge >= 0.3 is 0 Å². The Balaban J connectivity index is 1.94. The first kappa shape index (κ1) is 13.8. The van der Waals surface area contributed by atoms with Crippen LogP contribution in [0.4, 0.5) is 5.69 Å². The monoisotopic (exact) mass is 324 g/mol. The summed E-state index contributed by atoms with van der Waals surface area (Å²) in [7, 11) is -3.78. The number of aromatic nitrogens is 3. The number of halogens is 1. The quantitative estimate of drug-likeness (QED) is 0.743. The van der Waals surface area contributed by atoms with Gasteiger partial charge in [-0.15, -0.1) is 0 Å². The fourth-order valence-electron chi connectivity index (χ4n) is 1.76. The smallest absolute Gasteiger partial charge is 0.264 e. The fourth-order valence-corrected chi connectivity index (χ4v) is 2.80. The van der Waals surface area contributed by atoms with E-state index in [2.05, 4.69) is 19.7 Å². The fraction of sp³-hybridized carbons (Fsp3) is 0.0833. The van der Waals surface area contributed by atoms with Gasteiger partial charge in [0.05, 0.1) is 18.1 Å². The van der Waals surface area contributed by atoms with E-state index >= 15 is 0 Å². The minimum atomic E-state index is -3.78.